The zero-order chi connectivity index (χ0) is 17.0. The molecule has 2 aliphatic carbocycles. The van der Waals surface area contributed by atoms with Crippen LogP contribution in [0.3, 0.4) is 0 Å². The molecule has 3 aromatic rings. The van der Waals surface area contributed by atoms with Gasteiger partial charge in [-0.05, 0) is 64.8 Å². The first-order valence-electron chi connectivity index (χ1n) is 9.14. The van der Waals surface area contributed by atoms with Gasteiger partial charge < -0.3 is 9.84 Å². The van der Waals surface area contributed by atoms with Crippen LogP contribution in [0, 0.1) is 0 Å². The van der Waals surface area contributed by atoms with Crippen molar-refractivity contribution in [3.63, 3.8) is 0 Å². The Morgan fingerprint density at radius 1 is 0.880 bits per heavy atom. The number of fused-ring (bicyclic) bond motifs is 8. The van der Waals surface area contributed by atoms with Crippen molar-refractivity contribution in [2.24, 2.45) is 0 Å². The Hall–Kier alpha value is -2.32. The number of phenolic OH excluding ortho intramolecular Hbond substituents is 1. The molecule has 2 aliphatic rings. The molecule has 0 spiro atoms. The first kappa shape index (κ1) is 15.0. The van der Waals surface area contributed by atoms with E-state index in [4.69, 9.17) is 4.74 Å². The van der Waals surface area contributed by atoms with Gasteiger partial charge in [0.2, 0.25) is 0 Å². The molecule has 0 radical (unpaired) electrons. The van der Waals surface area contributed by atoms with Crippen molar-refractivity contribution in [2.75, 3.05) is 7.11 Å². The van der Waals surface area contributed by atoms with E-state index < -0.39 is 0 Å². The predicted octanol–water partition coefficient (Wildman–Crippen LogP) is 5.59. The van der Waals surface area contributed by atoms with Crippen molar-refractivity contribution in [3.8, 4) is 16.9 Å². The van der Waals surface area contributed by atoms with E-state index in [2.05, 4.69) is 36.4 Å². The fourth-order valence-corrected chi connectivity index (χ4v) is 5.08. The molecule has 3 unspecified atom stereocenters. The third-order valence-corrected chi connectivity index (χ3v) is 6.22. The van der Waals surface area contributed by atoms with Gasteiger partial charge in [-0.3, -0.25) is 0 Å². The highest BCUT2D eigenvalue weighted by Crippen LogP contribution is 2.55. The van der Waals surface area contributed by atoms with Crippen LogP contribution in [0.25, 0.3) is 21.9 Å². The Kier molecular flexibility index (Phi) is 3.36. The molecule has 2 nitrogen and oxygen atoms in total. The maximum atomic E-state index is 10.7. The number of hydrogen-bond donors (Lipinski definition) is 1. The summed E-state index contributed by atoms with van der Waals surface area (Å²) in [5.74, 6) is 1.33. The number of aromatic hydroxyl groups is 1. The summed E-state index contributed by atoms with van der Waals surface area (Å²) in [4.78, 5) is 0. The zero-order valence-corrected chi connectivity index (χ0v) is 14.4. The van der Waals surface area contributed by atoms with E-state index in [1.807, 2.05) is 25.3 Å². The van der Waals surface area contributed by atoms with Crippen LogP contribution in [-0.2, 0) is 4.74 Å². The smallest absolute Gasteiger partial charge is 0.123 e. The maximum absolute atomic E-state index is 10.7. The van der Waals surface area contributed by atoms with Crippen molar-refractivity contribution >= 4 is 10.8 Å². The van der Waals surface area contributed by atoms with E-state index in [-0.39, 0.29) is 0 Å². The van der Waals surface area contributed by atoms with Crippen molar-refractivity contribution in [3.05, 3.63) is 65.7 Å². The molecule has 25 heavy (non-hydrogen) atoms. The van der Waals surface area contributed by atoms with E-state index in [1.165, 1.54) is 22.3 Å². The first-order valence-corrected chi connectivity index (χ1v) is 9.14. The molecule has 0 heterocycles. The molecule has 5 rings (SSSR count). The normalized spacial score (nSPS) is 24.4. The van der Waals surface area contributed by atoms with E-state index in [0.29, 0.717) is 23.7 Å². The minimum Gasteiger partial charge on any atom is -0.507 e. The Bertz CT molecular complexity index is 959. The second-order valence-electron chi connectivity index (χ2n) is 7.38. The second-order valence-corrected chi connectivity index (χ2v) is 7.38. The van der Waals surface area contributed by atoms with Crippen LogP contribution in [0.4, 0.5) is 0 Å². The van der Waals surface area contributed by atoms with E-state index in [1.54, 1.807) is 0 Å². The van der Waals surface area contributed by atoms with Crippen LogP contribution in [0.5, 0.6) is 5.75 Å². The summed E-state index contributed by atoms with van der Waals surface area (Å²) < 4.78 is 5.70. The molecule has 0 aliphatic heterocycles. The van der Waals surface area contributed by atoms with Crippen molar-refractivity contribution in [1.82, 2.24) is 0 Å². The number of benzene rings is 3. The van der Waals surface area contributed by atoms with Gasteiger partial charge in [0.25, 0.3) is 0 Å². The average molecular weight is 330 g/mol. The first-order chi connectivity index (χ1) is 12.3. The van der Waals surface area contributed by atoms with Gasteiger partial charge in [0.05, 0.1) is 6.10 Å². The van der Waals surface area contributed by atoms with Gasteiger partial charge in [0, 0.05) is 12.5 Å². The van der Waals surface area contributed by atoms with Crippen LogP contribution in [0.2, 0.25) is 0 Å². The van der Waals surface area contributed by atoms with Gasteiger partial charge in [-0.1, -0.05) is 48.5 Å². The van der Waals surface area contributed by atoms with Gasteiger partial charge in [-0.25, -0.2) is 0 Å². The standard InChI is InChI=1S/C23H22O2/c1-25-14-10-11-16-15-6-2-4-8-18(15)23-19-9-5-3-7-17(19)22(24)13-21(23)20(16)12-14/h2-9,13-14,16,20,24H,10-12H2,1H3. The second kappa shape index (κ2) is 5.60. The van der Waals surface area contributed by atoms with Gasteiger partial charge >= 0.3 is 0 Å². The molecule has 3 atom stereocenters. The number of methoxy groups -OCH3 is 1. The molecule has 1 N–H and O–H groups in total. The van der Waals surface area contributed by atoms with Gasteiger partial charge in [0.15, 0.2) is 0 Å². The Balaban J connectivity index is 1.84. The van der Waals surface area contributed by atoms with Gasteiger partial charge in [-0.2, -0.15) is 0 Å². The lowest BCUT2D eigenvalue weighted by molar-refractivity contribution is 0.0570. The molecule has 0 bridgehead atoms. The topological polar surface area (TPSA) is 29.5 Å². The average Bonchev–Trinajstić information content (AvgIpc) is 2.68. The Labute approximate surface area is 148 Å². The van der Waals surface area contributed by atoms with Crippen molar-refractivity contribution in [1.29, 1.82) is 0 Å². The van der Waals surface area contributed by atoms with Crippen LogP contribution in [-0.4, -0.2) is 18.3 Å². The molecule has 2 heteroatoms. The molecule has 0 saturated heterocycles. The summed E-state index contributed by atoms with van der Waals surface area (Å²) in [6.45, 7) is 0. The minimum atomic E-state index is 0.313. The highest BCUT2D eigenvalue weighted by molar-refractivity contribution is 6.03. The van der Waals surface area contributed by atoms with Gasteiger partial charge in [0.1, 0.15) is 5.75 Å². The highest BCUT2D eigenvalue weighted by atomic mass is 16.5. The Morgan fingerprint density at radius 3 is 2.48 bits per heavy atom. The number of phenols is 1. The summed E-state index contributed by atoms with van der Waals surface area (Å²) >= 11 is 0. The van der Waals surface area contributed by atoms with E-state index >= 15 is 0 Å². The largest absolute Gasteiger partial charge is 0.507 e. The highest BCUT2D eigenvalue weighted by Gasteiger charge is 2.39. The summed E-state index contributed by atoms with van der Waals surface area (Å²) in [7, 11) is 1.82. The predicted molar refractivity (Wildman–Crippen MR) is 101 cm³/mol. The molecular formula is C23H22O2. The molecule has 0 aromatic heterocycles. The molecule has 126 valence electrons. The summed E-state index contributed by atoms with van der Waals surface area (Å²) in [5, 5.41) is 12.8. The van der Waals surface area contributed by atoms with E-state index in [0.717, 1.165) is 30.0 Å². The summed E-state index contributed by atoms with van der Waals surface area (Å²) in [6, 6.07) is 19.1. The minimum absolute atomic E-state index is 0.313. The molecule has 3 aromatic carbocycles. The van der Waals surface area contributed by atoms with Gasteiger partial charge in [-0.15, -0.1) is 0 Å². The van der Waals surface area contributed by atoms with E-state index in [9.17, 15) is 5.11 Å². The summed E-state index contributed by atoms with van der Waals surface area (Å²) in [5.41, 5.74) is 5.40. The SMILES string of the molecule is COC1CCC2c3ccccc3-c3c(cc(O)c4ccccc34)C2C1. The quantitative estimate of drug-likeness (QED) is 0.630. The Morgan fingerprint density at radius 2 is 1.64 bits per heavy atom. The van der Waals surface area contributed by atoms with Crippen molar-refractivity contribution in [2.45, 2.75) is 37.2 Å². The number of ether oxygens (including phenoxy) is 1. The fraction of sp³-hybridized carbons (Fsp3) is 0.304. The lowest BCUT2D eigenvalue weighted by Gasteiger charge is -2.41. The van der Waals surface area contributed by atoms with Crippen LogP contribution in [0.15, 0.2) is 54.6 Å². The number of hydrogen-bond acceptors (Lipinski definition) is 2. The lowest BCUT2D eigenvalue weighted by Crippen LogP contribution is -2.29. The third-order valence-electron chi connectivity index (χ3n) is 6.22. The third kappa shape index (κ3) is 2.14. The molecule has 1 saturated carbocycles. The fourth-order valence-electron chi connectivity index (χ4n) is 5.08. The van der Waals surface area contributed by atoms with Crippen LogP contribution in [0.1, 0.15) is 42.2 Å². The van der Waals surface area contributed by atoms with Crippen LogP contribution < -0.4 is 0 Å². The number of rotatable bonds is 1. The molecule has 1 fully saturated rings. The summed E-state index contributed by atoms with van der Waals surface area (Å²) in [6.07, 6.45) is 3.60. The zero-order valence-electron chi connectivity index (χ0n) is 14.4. The maximum Gasteiger partial charge on any atom is 0.123 e. The molecule has 0 amide bonds. The monoisotopic (exact) mass is 330 g/mol. The van der Waals surface area contributed by atoms with Crippen LogP contribution >= 0.6 is 0 Å². The lowest BCUT2D eigenvalue weighted by atomic mass is 9.64. The van der Waals surface area contributed by atoms with Crippen molar-refractivity contribution < 1.29 is 9.84 Å². The molecular weight excluding hydrogens is 308 g/mol.